The zero-order valence-corrected chi connectivity index (χ0v) is 16.1. The molecule has 0 aliphatic carbocycles. The number of carbonyl (C=O) groups excluding carboxylic acids is 1. The van der Waals surface area contributed by atoms with Crippen LogP contribution < -0.4 is 15.4 Å². The number of amides is 1. The van der Waals surface area contributed by atoms with E-state index in [0.717, 1.165) is 11.3 Å². The molecule has 0 fully saturated rings. The van der Waals surface area contributed by atoms with Gasteiger partial charge >= 0.3 is 0 Å². The molecule has 28 heavy (non-hydrogen) atoms. The quantitative estimate of drug-likeness (QED) is 0.547. The monoisotopic (exact) mass is 396 g/mol. The van der Waals surface area contributed by atoms with Gasteiger partial charge in [-0.2, -0.15) is 0 Å². The van der Waals surface area contributed by atoms with Gasteiger partial charge in [0.1, 0.15) is 23.9 Å². The van der Waals surface area contributed by atoms with Crippen LogP contribution in [0, 0.1) is 0 Å². The molecule has 1 aromatic heterocycles. The molecule has 0 saturated carbocycles. The van der Waals surface area contributed by atoms with E-state index < -0.39 is 0 Å². The van der Waals surface area contributed by atoms with Gasteiger partial charge in [0.15, 0.2) is 5.11 Å². The maximum Gasteiger partial charge on any atom is 0.257 e. The normalized spacial score (nSPS) is 10.4. The van der Waals surface area contributed by atoms with E-state index in [2.05, 4.69) is 10.6 Å². The molecule has 3 rings (SSSR count). The third kappa shape index (κ3) is 4.97. The topological polar surface area (TPSA) is 83.7 Å². The number of rotatable bonds is 6. The maximum atomic E-state index is 12.3. The van der Waals surface area contributed by atoms with Crippen LogP contribution >= 0.6 is 12.2 Å². The van der Waals surface area contributed by atoms with Crippen molar-refractivity contribution in [2.24, 2.45) is 0 Å². The predicted octanol–water partition coefficient (Wildman–Crippen LogP) is 3.96. The van der Waals surface area contributed by atoms with Crippen molar-refractivity contribution in [3.8, 4) is 17.1 Å². The van der Waals surface area contributed by atoms with Gasteiger partial charge in [0.05, 0.1) is 6.61 Å². The van der Waals surface area contributed by atoms with Gasteiger partial charge in [-0.1, -0.05) is 6.07 Å². The third-order valence-corrected chi connectivity index (χ3v) is 4.08. The lowest BCUT2D eigenvalue weighted by atomic mass is 10.1. The van der Waals surface area contributed by atoms with E-state index in [1.54, 1.807) is 36.4 Å². The Morgan fingerprint density at radius 3 is 2.61 bits per heavy atom. The van der Waals surface area contributed by atoms with Crippen LogP contribution in [0.3, 0.4) is 0 Å². The van der Waals surface area contributed by atoms with E-state index in [1.165, 1.54) is 0 Å². The molecule has 0 radical (unpaired) electrons. The van der Waals surface area contributed by atoms with Gasteiger partial charge in [-0.05, 0) is 73.7 Å². The van der Waals surface area contributed by atoms with Gasteiger partial charge in [-0.15, -0.1) is 0 Å². The molecule has 3 N–H and O–H groups in total. The fourth-order valence-electron chi connectivity index (χ4n) is 2.57. The Morgan fingerprint density at radius 1 is 1.14 bits per heavy atom. The zero-order chi connectivity index (χ0) is 19.9. The van der Waals surface area contributed by atoms with Gasteiger partial charge in [-0.25, -0.2) is 0 Å². The fourth-order valence-corrected chi connectivity index (χ4v) is 2.78. The lowest BCUT2D eigenvalue weighted by Gasteiger charge is -2.11. The van der Waals surface area contributed by atoms with E-state index in [1.807, 2.05) is 31.2 Å². The van der Waals surface area contributed by atoms with E-state index >= 15 is 0 Å². The molecule has 1 amide bonds. The van der Waals surface area contributed by atoms with Crippen LogP contribution in [-0.4, -0.2) is 22.7 Å². The maximum absolute atomic E-state index is 12.3. The van der Waals surface area contributed by atoms with Crippen LogP contribution in [0.1, 0.15) is 23.0 Å². The van der Waals surface area contributed by atoms with Gasteiger partial charge in [0.25, 0.3) is 5.91 Å². The second-order valence-electron chi connectivity index (χ2n) is 5.87. The number of furan rings is 1. The Bertz CT molecular complexity index is 967. The van der Waals surface area contributed by atoms with Gasteiger partial charge in [-0.3, -0.25) is 10.1 Å². The van der Waals surface area contributed by atoms with E-state index in [-0.39, 0.29) is 17.6 Å². The Labute approximate surface area is 168 Å². The van der Waals surface area contributed by atoms with Crippen LogP contribution in [0.4, 0.5) is 5.69 Å². The molecule has 144 valence electrons. The molecule has 0 bridgehead atoms. The summed E-state index contributed by atoms with van der Waals surface area (Å²) in [5.41, 5.74) is 2.06. The highest BCUT2D eigenvalue weighted by molar-refractivity contribution is 7.80. The largest absolute Gasteiger partial charge is 0.494 e. The zero-order valence-electron chi connectivity index (χ0n) is 15.3. The first-order chi connectivity index (χ1) is 13.6. The number of anilines is 1. The summed E-state index contributed by atoms with van der Waals surface area (Å²) in [5, 5.41) is 14.9. The second kappa shape index (κ2) is 9.16. The highest BCUT2D eigenvalue weighted by atomic mass is 32.1. The highest BCUT2D eigenvalue weighted by Crippen LogP contribution is 2.24. The minimum absolute atomic E-state index is 0.138. The molecule has 0 spiro atoms. The minimum Gasteiger partial charge on any atom is -0.494 e. The number of aliphatic hydroxyl groups excluding tert-OH is 1. The summed E-state index contributed by atoms with van der Waals surface area (Å²) in [6.45, 7) is 2.27. The SMILES string of the molecule is CCOc1cccc(C(=O)NC(=S)Nc2ccc(-c3ccc(CO)o3)cc2)c1. The molecular weight excluding hydrogens is 376 g/mol. The number of hydrogen-bond acceptors (Lipinski definition) is 5. The highest BCUT2D eigenvalue weighted by Gasteiger charge is 2.10. The van der Waals surface area contributed by atoms with E-state index in [4.69, 9.17) is 26.5 Å². The van der Waals surface area contributed by atoms with Crippen molar-refractivity contribution in [1.29, 1.82) is 0 Å². The van der Waals surface area contributed by atoms with Crippen LogP contribution in [0.15, 0.2) is 65.1 Å². The molecule has 0 atom stereocenters. The first-order valence-electron chi connectivity index (χ1n) is 8.74. The van der Waals surface area contributed by atoms with E-state index in [0.29, 0.717) is 29.4 Å². The van der Waals surface area contributed by atoms with Crippen molar-refractivity contribution in [2.45, 2.75) is 13.5 Å². The third-order valence-electron chi connectivity index (χ3n) is 3.88. The van der Waals surface area contributed by atoms with Crippen molar-refractivity contribution in [3.63, 3.8) is 0 Å². The number of ether oxygens (including phenoxy) is 1. The van der Waals surface area contributed by atoms with Crippen molar-refractivity contribution < 1.29 is 19.1 Å². The van der Waals surface area contributed by atoms with Gasteiger partial charge in [0, 0.05) is 16.8 Å². The lowest BCUT2D eigenvalue weighted by Crippen LogP contribution is -2.34. The number of aliphatic hydroxyl groups is 1. The Hall–Kier alpha value is -3.16. The summed E-state index contributed by atoms with van der Waals surface area (Å²) >= 11 is 5.22. The summed E-state index contributed by atoms with van der Waals surface area (Å²) in [4.78, 5) is 12.3. The average Bonchev–Trinajstić information content (AvgIpc) is 3.18. The average molecular weight is 396 g/mol. The Balaban J connectivity index is 1.60. The molecule has 0 aliphatic heterocycles. The van der Waals surface area contributed by atoms with Gasteiger partial charge in [0.2, 0.25) is 0 Å². The molecule has 3 aromatic rings. The second-order valence-corrected chi connectivity index (χ2v) is 6.28. The molecule has 0 unspecified atom stereocenters. The molecule has 2 aromatic carbocycles. The number of benzene rings is 2. The summed E-state index contributed by atoms with van der Waals surface area (Å²) in [6.07, 6.45) is 0. The number of hydrogen-bond donors (Lipinski definition) is 3. The molecule has 0 aliphatic rings. The summed E-state index contributed by atoms with van der Waals surface area (Å²) in [6, 6.07) is 17.8. The molecule has 6 nitrogen and oxygen atoms in total. The summed E-state index contributed by atoms with van der Waals surface area (Å²) < 4.78 is 10.9. The number of thiocarbonyl (C=S) groups is 1. The van der Waals surface area contributed by atoms with Crippen LogP contribution in [-0.2, 0) is 6.61 Å². The van der Waals surface area contributed by atoms with Crippen molar-refractivity contribution in [3.05, 3.63) is 72.0 Å². The van der Waals surface area contributed by atoms with Crippen molar-refractivity contribution in [2.75, 3.05) is 11.9 Å². The Morgan fingerprint density at radius 2 is 1.93 bits per heavy atom. The molecule has 7 heteroatoms. The predicted molar refractivity (Wildman–Crippen MR) is 111 cm³/mol. The van der Waals surface area contributed by atoms with Crippen molar-refractivity contribution in [1.82, 2.24) is 5.32 Å². The first kappa shape index (κ1) is 19.6. The first-order valence-corrected chi connectivity index (χ1v) is 9.15. The molecule has 1 heterocycles. The standard InChI is InChI=1S/C21H20N2O4S/c1-2-26-17-5-3-4-15(12-17)20(25)23-21(28)22-16-8-6-14(7-9-16)19-11-10-18(13-24)27-19/h3-12,24H,2,13H2,1H3,(H2,22,23,25,28). The number of carbonyl (C=O) groups is 1. The Kier molecular flexibility index (Phi) is 6.41. The van der Waals surface area contributed by atoms with Crippen LogP contribution in [0.5, 0.6) is 5.75 Å². The summed E-state index contributed by atoms with van der Waals surface area (Å²) in [5.74, 6) is 1.49. The van der Waals surface area contributed by atoms with Crippen LogP contribution in [0.25, 0.3) is 11.3 Å². The molecular formula is C21H20N2O4S. The minimum atomic E-state index is -0.317. The fraction of sp³-hybridized carbons (Fsp3) is 0.143. The summed E-state index contributed by atoms with van der Waals surface area (Å²) in [7, 11) is 0. The molecule has 0 saturated heterocycles. The van der Waals surface area contributed by atoms with Crippen molar-refractivity contribution >= 4 is 28.9 Å². The van der Waals surface area contributed by atoms with Crippen LogP contribution in [0.2, 0.25) is 0 Å². The number of nitrogens with one attached hydrogen (secondary N) is 2. The van der Waals surface area contributed by atoms with Gasteiger partial charge < -0.3 is 19.6 Å². The smallest absolute Gasteiger partial charge is 0.257 e. The lowest BCUT2D eigenvalue weighted by molar-refractivity contribution is 0.0977. The van der Waals surface area contributed by atoms with E-state index in [9.17, 15) is 4.79 Å².